The van der Waals surface area contributed by atoms with E-state index >= 15 is 8.78 Å². The SMILES string of the molecule is Cn1c(=O)n(-c2ccc(OCc3ccccc3)nc2OCc2ccccc2)c2cc(F)c(N3CCN(CC(=O)Nc4ccc5c(F)c(N6CC(=O)NS6(=O)=O)c(OCc6ccccc6)cc5c4)CC3)cc21. The highest BCUT2D eigenvalue weighted by Crippen LogP contribution is 2.40. The lowest BCUT2D eigenvalue weighted by Gasteiger charge is -2.35. The van der Waals surface area contributed by atoms with Crippen molar-refractivity contribution in [3.63, 3.8) is 0 Å². The molecule has 2 fully saturated rings. The number of imidazole rings is 1. The molecule has 2 amide bonds. The topological polar surface area (TPSA) is 170 Å². The summed E-state index contributed by atoms with van der Waals surface area (Å²) >= 11 is 0. The normalized spacial score (nSPS) is 14.7. The van der Waals surface area contributed by atoms with Crippen LogP contribution in [-0.4, -0.2) is 78.5 Å². The number of hydrogen-bond acceptors (Lipinski definition) is 11. The number of pyridine rings is 1. The monoisotopic (exact) mass is 980 g/mol. The zero-order valence-corrected chi connectivity index (χ0v) is 39.1. The molecule has 362 valence electrons. The van der Waals surface area contributed by atoms with Crippen molar-refractivity contribution in [2.45, 2.75) is 19.8 Å². The molecule has 16 nitrogen and oxygen atoms in total. The highest BCUT2D eigenvalue weighted by atomic mass is 32.2. The Labute approximate surface area is 406 Å². The minimum absolute atomic E-state index is 0.0100. The first kappa shape index (κ1) is 46.4. The van der Waals surface area contributed by atoms with Gasteiger partial charge in [-0.3, -0.25) is 23.6 Å². The number of aromatic nitrogens is 3. The fraction of sp³-hybridized carbons (Fsp3) is 0.192. The van der Waals surface area contributed by atoms with Crippen LogP contribution in [0.25, 0.3) is 27.5 Å². The molecular weight excluding hydrogens is 935 g/mol. The minimum Gasteiger partial charge on any atom is -0.487 e. The molecular formula is C52H46F2N8O8S. The van der Waals surface area contributed by atoms with Crippen LogP contribution in [-0.2, 0) is 46.7 Å². The van der Waals surface area contributed by atoms with Crippen molar-refractivity contribution >= 4 is 60.9 Å². The van der Waals surface area contributed by atoms with Gasteiger partial charge in [-0.05, 0) is 58.5 Å². The Bertz CT molecular complexity index is 3480. The molecule has 8 aromatic rings. The average Bonchev–Trinajstić information content (AvgIpc) is 3.79. The number of nitrogens with zero attached hydrogens (tertiary/aromatic N) is 6. The van der Waals surface area contributed by atoms with Gasteiger partial charge in [0, 0.05) is 56.4 Å². The Balaban J connectivity index is 0.834. The predicted octanol–water partition coefficient (Wildman–Crippen LogP) is 6.83. The largest absolute Gasteiger partial charge is 0.487 e. The predicted molar refractivity (Wildman–Crippen MR) is 264 cm³/mol. The lowest BCUT2D eigenvalue weighted by atomic mass is 10.1. The number of ether oxygens (including phenoxy) is 3. The van der Waals surface area contributed by atoms with Gasteiger partial charge in [-0.25, -0.2) is 22.6 Å². The Kier molecular flexibility index (Phi) is 12.8. The van der Waals surface area contributed by atoms with Crippen molar-refractivity contribution in [3.8, 4) is 23.2 Å². The first-order chi connectivity index (χ1) is 34.4. The van der Waals surface area contributed by atoms with E-state index < -0.39 is 45.7 Å². The number of hydrogen-bond donors (Lipinski definition) is 2. The van der Waals surface area contributed by atoms with Gasteiger partial charge in [-0.15, -0.1) is 0 Å². The van der Waals surface area contributed by atoms with E-state index in [0.717, 1.165) is 16.7 Å². The molecule has 19 heteroatoms. The molecule has 6 aromatic carbocycles. The highest BCUT2D eigenvalue weighted by Gasteiger charge is 2.38. The number of fused-ring (bicyclic) bond motifs is 2. The van der Waals surface area contributed by atoms with Crippen LogP contribution in [0.15, 0.2) is 144 Å². The summed E-state index contributed by atoms with van der Waals surface area (Å²) in [5.41, 5.74) is 3.53. The van der Waals surface area contributed by atoms with Crippen molar-refractivity contribution < 1.29 is 41.0 Å². The first-order valence-corrected chi connectivity index (χ1v) is 24.1. The van der Waals surface area contributed by atoms with Crippen LogP contribution in [0.2, 0.25) is 0 Å². The molecule has 0 aliphatic carbocycles. The van der Waals surface area contributed by atoms with Gasteiger partial charge in [0.25, 0.3) is 5.91 Å². The summed E-state index contributed by atoms with van der Waals surface area (Å²) < 4.78 is 81.9. The summed E-state index contributed by atoms with van der Waals surface area (Å²) in [5.74, 6) is -2.29. The van der Waals surface area contributed by atoms with Crippen LogP contribution >= 0.6 is 0 Å². The van der Waals surface area contributed by atoms with Crippen molar-refractivity contribution in [3.05, 3.63) is 178 Å². The quantitative estimate of drug-likeness (QED) is 0.110. The number of amides is 2. The van der Waals surface area contributed by atoms with E-state index in [1.807, 2.05) is 81.3 Å². The molecule has 2 aromatic heterocycles. The number of benzene rings is 6. The molecule has 0 atom stereocenters. The summed E-state index contributed by atoms with van der Waals surface area (Å²) in [6.07, 6.45) is 0. The summed E-state index contributed by atoms with van der Waals surface area (Å²) in [4.78, 5) is 48.1. The third kappa shape index (κ3) is 9.82. The van der Waals surface area contributed by atoms with Crippen LogP contribution in [0.4, 0.5) is 25.8 Å². The smallest absolute Gasteiger partial charge is 0.333 e. The number of anilines is 3. The van der Waals surface area contributed by atoms with Gasteiger partial charge in [0.15, 0.2) is 5.82 Å². The summed E-state index contributed by atoms with van der Waals surface area (Å²) in [5, 5.41) is 3.23. The van der Waals surface area contributed by atoms with Gasteiger partial charge in [0.05, 0.1) is 23.3 Å². The zero-order chi connectivity index (χ0) is 49.2. The van der Waals surface area contributed by atoms with Crippen LogP contribution in [0, 0.1) is 11.6 Å². The van der Waals surface area contributed by atoms with Crippen LogP contribution in [0.1, 0.15) is 16.7 Å². The fourth-order valence-electron chi connectivity index (χ4n) is 8.73. The van der Waals surface area contributed by atoms with Gasteiger partial charge in [0.2, 0.25) is 17.7 Å². The van der Waals surface area contributed by atoms with E-state index in [1.165, 1.54) is 33.4 Å². The van der Waals surface area contributed by atoms with E-state index in [9.17, 15) is 22.8 Å². The molecule has 2 aliphatic rings. The van der Waals surface area contributed by atoms with Gasteiger partial charge in [0.1, 0.15) is 49.3 Å². The fourth-order valence-corrected chi connectivity index (χ4v) is 9.89. The average molecular weight is 981 g/mol. The Morgan fingerprint density at radius 3 is 1.99 bits per heavy atom. The standard InChI is InChI=1S/C52H46F2N8O8S/c1-58-43-28-42(40(53)27-44(43)62(52(58)65)41-19-20-48(69-32-35-13-7-3-8-14-35)56-51(41)70-33-36-15-9-4-10-16-36)60-23-21-59(22-24-60)29-46(63)55-38-17-18-39-37(25-38)26-45(68-31-34-11-5-2-6-12-34)50(49(39)54)61-30-47(64)57-71(61,66)67/h2-20,25-28H,21-24,29-33H2,1H3,(H,55,63)(H,57,64). The third-order valence-corrected chi connectivity index (χ3v) is 13.7. The molecule has 0 spiro atoms. The molecule has 0 radical (unpaired) electrons. The Morgan fingerprint density at radius 2 is 1.35 bits per heavy atom. The van der Waals surface area contributed by atoms with E-state index in [4.69, 9.17) is 14.2 Å². The number of carbonyl (C=O) groups is 2. The van der Waals surface area contributed by atoms with Crippen LogP contribution in [0.3, 0.4) is 0 Å². The molecule has 10 rings (SSSR count). The number of aryl methyl sites for hydroxylation is 1. The molecule has 2 N–H and O–H groups in total. The van der Waals surface area contributed by atoms with Crippen molar-refractivity contribution in [1.29, 1.82) is 0 Å². The number of nitrogens with one attached hydrogen (secondary N) is 2. The van der Waals surface area contributed by atoms with E-state index in [-0.39, 0.29) is 55.2 Å². The minimum atomic E-state index is -4.38. The second-order valence-electron chi connectivity index (χ2n) is 17.1. The first-order valence-electron chi connectivity index (χ1n) is 22.7. The summed E-state index contributed by atoms with van der Waals surface area (Å²) in [7, 11) is -2.75. The lowest BCUT2D eigenvalue weighted by molar-refractivity contribution is -0.118. The maximum Gasteiger partial charge on any atom is 0.333 e. The number of halogens is 2. The molecule has 0 unspecified atom stereocenters. The molecule has 2 saturated heterocycles. The maximum atomic E-state index is 16.3. The van der Waals surface area contributed by atoms with E-state index in [2.05, 4.69) is 10.3 Å². The second-order valence-corrected chi connectivity index (χ2v) is 18.7. The van der Waals surface area contributed by atoms with Crippen LogP contribution < -0.4 is 39.1 Å². The highest BCUT2D eigenvalue weighted by molar-refractivity contribution is 7.92. The second kappa shape index (κ2) is 19.6. The van der Waals surface area contributed by atoms with Gasteiger partial charge in [-0.1, -0.05) is 91.0 Å². The van der Waals surface area contributed by atoms with Crippen molar-refractivity contribution in [2.75, 3.05) is 53.8 Å². The summed E-state index contributed by atoms with van der Waals surface area (Å²) in [6, 6.07) is 40.5. The number of piperazine rings is 1. The number of carbonyl (C=O) groups excluding carboxylic acids is 2. The van der Waals surface area contributed by atoms with E-state index in [0.29, 0.717) is 64.0 Å². The van der Waals surface area contributed by atoms with Crippen molar-refractivity contribution in [1.82, 2.24) is 23.7 Å². The molecule has 2 aliphatic heterocycles. The zero-order valence-electron chi connectivity index (χ0n) is 38.3. The van der Waals surface area contributed by atoms with Gasteiger partial charge >= 0.3 is 15.9 Å². The number of rotatable bonds is 15. The molecule has 0 bridgehead atoms. The Morgan fingerprint density at radius 1 is 0.718 bits per heavy atom. The van der Waals surface area contributed by atoms with E-state index in [1.54, 1.807) is 55.6 Å². The van der Waals surface area contributed by atoms with Gasteiger partial charge < -0.3 is 24.4 Å². The molecule has 4 heterocycles. The third-order valence-electron chi connectivity index (χ3n) is 12.3. The van der Waals surface area contributed by atoms with Crippen LogP contribution in [0.5, 0.6) is 17.5 Å². The van der Waals surface area contributed by atoms with Gasteiger partial charge in [-0.2, -0.15) is 13.4 Å². The summed E-state index contributed by atoms with van der Waals surface area (Å²) in [6.45, 7) is 1.40. The molecule has 0 saturated carbocycles. The Hall–Kier alpha value is -8.29. The molecule has 71 heavy (non-hydrogen) atoms. The van der Waals surface area contributed by atoms with Crippen molar-refractivity contribution in [2.24, 2.45) is 7.05 Å². The lowest BCUT2D eigenvalue weighted by Crippen LogP contribution is -2.48. The maximum absolute atomic E-state index is 16.3.